The maximum absolute atomic E-state index is 13.9. The van der Waals surface area contributed by atoms with E-state index in [1.165, 1.54) is 48.5 Å². The number of aliphatic hydroxyl groups excluding tert-OH is 1. The molecule has 0 heterocycles. The average molecular weight is 824 g/mol. The summed E-state index contributed by atoms with van der Waals surface area (Å²) >= 11 is 7.77. The lowest BCUT2D eigenvalue weighted by atomic mass is 10.0. The van der Waals surface area contributed by atoms with E-state index in [0.29, 0.717) is 11.1 Å². The number of aromatic hydroxyl groups is 2. The van der Waals surface area contributed by atoms with E-state index in [2.05, 4.69) is 57.2 Å². The summed E-state index contributed by atoms with van der Waals surface area (Å²) in [6.45, 7) is 0.357. The van der Waals surface area contributed by atoms with Crippen LogP contribution in [0.2, 0.25) is 0 Å². The van der Waals surface area contributed by atoms with Crippen LogP contribution in [-0.2, 0) is 51.2 Å². The van der Waals surface area contributed by atoms with E-state index in [9.17, 15) is 63.9 Å². The number of nitrogens with two attached hydrogens (primary N) is 1. The molecule has 56 heavy (non-hydrogen) atoms. The van der Waals surface area contributed by atoms with Gasteiger partial charge in [0, 0.05) is 24.3 Å². The number of hydrogen-bond acceptors (Lipinski definition) is 14. The predicted molar refractivity (Wildman–Crippen MR) is 204 cm³/mol. The van der Waals surface area contributed by atoms with E-state index >= 15 is 0 Å². The normalized spacial score (nSPS) is 14.6. The molecule has 0 aromatic heterocycles. The summed E-state index contributed by atoms with van der Waals surface area (Å²) in [4.78, 5) is 102. The van der Waals surface area contributed by atoms with E-state index in [4.69, 9.17) is 5.73 Å². The van der Waals surface area contributed by atoms with Crippen LogP contribution in [0.4, 0.5) is 0 Å². The third kappa shape index (κ3) is 15.6. The lowest BCUT2D eigenvalue weighted by molar-refractivity contribution is -0.142. The Kier molecular flexibility index (Phi) is 18.9. The van der Waals surface area contributed by atoms with E-state index in [-0.39, 0.29) is 35.8 Å². The standard InChI is InChI=1S/C34H45N7O13S2/c1-16(42)28(33(52)40-25(15-56)34(53)54)41-26(45)13-36-30(49)22(10-17-2-6-19(43)7-3-17)38-31(50)23(11-18-4-8-20(44)9-5-18)39-32(51)24(12-27(46)47)37-29(48)21(35)14-55/h2-9,16,21-25,28,42-44,55-56H,10-15,35H2,1H3,(H,36,49)(H,37,48)(H,38,50)(H,39,51)(H,40,52)(H,41,45)(H,46,47)(H,53,54). The highest BCUT2D eigenvalue weighted by molar-refractivity contribution is 7.80. The maximum Gasteiger partial charge on any atom is 0.327 e. The van der Waals surface area contributed by atoms with Crippen LogP contribution in [0.1, 0.15) is 24.5 Å². The van der Waals surface area contributed by atoms with Crippen LogP contribution in [0, 0.1) is 0 Å². The van der Waals surface area contributed by atoms with Gasteiger partial charge >= 0.3 is 11.9 Å². The zero-order valence-electron chi connectivity index (χ0n) is 29.9. The minimum Gasteiger partial charge on any atom is -0.508 e. The summed E-state index contributed by atoms with van der Waals surface area (Å²) in [7, 11) is 0. The fourth-order valence-electron chi connectivity index (χ4n) is 4.81. The molecule has 6 amide bonds. The quantitative estimate of drug-likeness (QED) is 0.0514. The predicted octanol–water partition coefficient (Wildman–Crippen LogP) is -3.45. The number of hydrogen-bond donors (Lipinski definition) is 14. The van der Waals surface area contributed by atoms with Crippen molar-refractivity contribution >= 4 is 72.6 Å². The van der Waals surface area contributed by atoms with Gasteiger partial charge in [0.2, 0.25) is 35.4 Å². The van der Waals surface area contributed by atoms with Crippen molar-refractivity contribution in [3.05, 3.63) is 59.7 Å². The van der Waals surface area contributed by atoms with Crippen molar-refractivity contribution in [2.75, 3.05) is 18.1 Å². The van der Waals surface area contributed by atoms with Crippen molar-refractivity contribution in [3.63, 3.8) is 0 Å². The third-order valence-electron chi connectivity index (χ3n) is 7.87. The number of carboxylic acid groups (broad SMARTS) is 2. The Labute approximate surface area is 331 Å². The number of phenols is 2. The molecule has 7 unspecified atom stereocenters. The SMILES string of the molecule is CC(O)C(NC(=O)CNC(=O)C(Cc1ccc(O)cc1)NC(=O)C(Cc1ccc(O)cc1)NC(=O)C(CC(=O)O)NC(=O)C(N)CS)C(=O)NC(CS)C(=O)O. The minimum atomic E-state index is -1.70. The molecule has 2 aromatic rings. The molecule has 2 rings (SSSR count). The average Bonchev–Trinajstić information content (AvgIpc) is 3.14. The molecule has 13 N–H and O–H groups in total. The molecule has 2 aromatic carbocycles. The highest BCUT2D eigenvalue weighted by Crippen LogP contribution is 2.14. The van der Waals surface area contributed by atoms with Gasteiger partial charge < -0.3 is 63.2 Å². The van der Waals surface area contributed by atoms with Gasteiger partial charge in [-0.25, -0.2) is 4.79 Å². The third-order valence-corrected chi connectivity index (χ3v) is 8.62. The van der Waals surface area contributed by atoms with Crippen LogP contribution < -0.4 is 37.6 Å². The summed E-state index contributed by atoms with van der Waals surface area (Å²) in [5.41, 5.74) is 6.48. The summed E-state index contributed by atoms with van der Waals surface area (Å²) in [6.07, 6.45) is -2.91. The maximum atomic E-state index is 13.9. The molecule has 7 atom stereocenters. The van der Waals surface area contributed by atoms with Gasteiger partial charge in [0.1, 0.15) is 41.7 Å². The lowest BCUT2D eigenvalue weighted by Crippen LogP contribution is -2.59. The largest absolute Gasteiger partial charge is 0.508 e. The van der Waals surface area contributed by atoms with Crippen molar-refractivity contribution in [2.45, 2.75) is 68.5 Å². The minimum absolute atomic E-state index is 0.105. The van der Waals surface area contributed by atoms with Gasteiger partial charge in [0.05, 0.1) is 25.1 Å². The molecule has 0 bridgehead atoms. The molecule has 0 aliphatic rings. The molecule has 22 heteroatoms. The number of carbonyl (C=O) groups excluding carboxylic acids is 6. The fourth-order valence-corrected chi connectivity index (χ4v) is 5.22. The molecule has 0 radical (unpaired) electrons. The Balaban J connectivity index is 2.36. The van der Waals surface area contributed by atoms with Crippen molar-refractivity contribution < 1.29 is 63.9 Å². The number of amides is 6. The van der Waals surface area contributed by atoms with Crippen LogP contribution in [0.15, 0.2) is 48.5 Å². The van der Waals surface area contributed by atoms with Gasteiger partial charge in [-0.2, -0.15) is 25.3 Å². The summed E-state index contributed by atoms with van der Waals surface area (Å²) in [5.74, 6) is -9.49. The number of thiol groups is 2. The Morgan fingerprint density at radius 2 is 1.07 bits per heavy atom. The fraction of sp³-hybridized carbons (Fsp3) is 0.412. The Morgan fingerprint density at radius 3 is 1.50 bits per heavy atom. The van der Waals surface area contributed by atoms with Crippen LogP contribution in [0.3, 0.4) is 0 Å². The molecule has 0 saturated carbocycles. The molecule has 0 fully saturated rings. The van der Waals surface area contributed by atoms with Gasteiger partial charge in [0.25, 0.3) is 0 Å². The molecule has 0 saturated heterocycles. The number of phenolic OH excluding ortho intramolecular Hbond substituents is 2. The molecule has 306 valence electrons. The van der Waals surface area contributed by atoms with E-state index in [0.717, 1.165) is 6.92 Å². The zero-order valence-corrected chi connectivity index (χ0v) is 31.7. The number of nitrogens with one attached hydrogen (secondary N) is 6. The molecule has 0 aliphatic carbocycles. The van der Waals surface area contributed by atoms with Gasteiger partial charge in [-0.1, -0.05) is 24.3 Å². The van der Waals surface area contributed by atoms with Crippen molar-refractivity contribution in [1.82, 2.24) is 31.9 Å². The Bertz CT molecular complexity index is 1710. The highest BCUT2D eigenvalue weighted by Gasteiger charge is 2.33. The second-order valence-corrected chi connectivity index (χ2v) is 13.1. The molecule has 0 aliphatic heterocycles. The zero-order chi connectivity index (χ0) is 42.1. The molecular formula is C34H45N7O13S2. The number of benzene rings is 2. The number of carbonyl (C=O) groups is 8. The highest BCUT2D eigenvalue weighted by atomic mass is 32.1. The van der Waals surface area contributed by atoms with Crippen LogP contribution in [0.25, 0.3) is 0 Å². The monoisotopic (exact) mass is 823 g/mol. The van der Waals surface area contributed by atoms with E-state index in [1.54, 1.807) is 0 Å². The first-order chi connectivity index (χ1) is 26.3. The van der Waals surface area contributed by atoms with Crippen molar-refractivity contribution in [2.24, 2.45) is 5.73 Å². The van der Waals surface area contributed by atoms with Gasteiger partial charge in [-0.05, 0) is 42.3 Å². The van der Waals surface area contributed by atoms with Crippen molar-refractivity contribution in [1.29, 1.82) is 0 Å². The second kappa shape index (κ2) is 22.7. The van der Waals surface area contributed by atoms with E-state index < -0.39 is 103 Å². The summed E-state index contributed by atoms with van der Waals surface area (Å²) in [5, 5.41) is 61.9. The van der Waals surface area contributed by atoms with Crippen LogP contribution >= 0.6 is 25.3 Å². The second-order valence-electron chi connectivity index (χ2n) is 12.4. The first kappa shape index (κ1) is 46.6. The van der Waals surface area contributed by atoms with Gasteiger partial charge in [-0.15, -0.1) is 0 Å². The number of rotatable bonds is 22. The number of aliphatic hydroxyl groups is 1. The van der Waals surface area contributed by atoms with Crippen LogP contribution in [-0.4, -0.2) is 133 Å². The van der Waals surface area contributed by atoms with Crippen molar-refractivity contribution in [3.8, 4) is 11.5 Å². The smallest absolute Gasteiger partial charge is 0.327 e. The van der Waals surface area contributed by atoms with E-state index in [1.807, 2.05) is 0 Å². The summed E-state index contributed by atoms with van der Waals surface area (Å²) in [6, 6.07) is 2.01. The summed E-state index contributed by atoms with van der Waals surface area (Å²) < 4.78 is 0. The van der Waals surface area contributed by atoms with Gasteiger partial charge in [0.15, 0.2) is 0 Å². The molecule has 20 nitrogen and oxygen atoms in total. The molecule has 0 spiro atoms. The first-order valence-electron chi connectivity index (χ1n) is 16.8. The number of aliphatic carboxylic acids is 2. The first-order valence-corrected chi connectivity index (χ1v) is 18.1. The Hall–Kier alpha value is -5.58. The van der Waals surface area contributed by atoms with Crippen LogP contribution in [0.5, 0.6) is 11.5 Å². The molecular weight excluding hydrogens is 779 g/mol. The lowest BCUT2D eigenvalue weighted by Gasteiger charge is -2.26. The number of carboxylic acids is 2. The Morgan fingerprint density at radius 1 is 0.625 bits per heavy atom. The van der Waals surface area contributed by atoms with Gasteiger partial charge in [-0.3, -0.25) is 33.6 Å². The topological polar surface area (TPSA) is 336 Å².